The van der Waals surface area contributed by atoms with Crippen LogP contribution in [0.5, 0.6) is 0 Å². The largest absolute Gasteiger partial charge is 0.465 e. The molecule has 3 atom stereocenters. The molecule has 2 aromatic rings. The van der Waals surface area contributed by atoms with Crippen molar-refractivity contribution in [1.82, 2.24) is 20.1 Å². The molecule has 2 aromatic heterocycles. The van der Waals surface area contributed by atoms with E-state index in [0.29, 0.717) is 24.2 Å². The van der Waals surface area contributed by atoms with E-state index in [1.54, 1.807) is 11.1 Å². The van der Waals surface area contributed by atoms with Gasteiger partial charge in [0.1, 0.15) is 0 Å². The van der Waals surface area contributed by atoms with Gasteiger partial charge in [-0.2, -0.15) is 5.10 Å². The number of nitrogens with one attached hydrogen (secondary N) is 2. The van der Waals surface area contributed by atoms with Gasteiger partial charge in [0.05, 0.1) is 6.42 Å². The third kappa shape index (κ3) is 4.75. The topological polar surface area (TPSA) is 111 Å². The van der Waals surface area contributed by atoms with Gasteiger partial charge in [0.25, 0.3) is 0 Å². The summed E-state index contributed by atoms with van der Waals surface area (Å²) in [5.74, 6) is 1.32. The SMILES string of the molecule is O=C(Cc1ccccn1)Nc1cc(C2CCC(C[C@@H]3CCCN3C(=O)O)C2)[nH]n1. The Morgan fingerprint density at radius 3 is 2.97 bits per heavy atom. The fourth-order valence-corrected chi connectivity index (χ4v) is 4.75. The molecule has 29 heavy (non-hydrogen) atoms. The Morgan fingerprint density at radius 2 is 2.17 bits per heavy atom. The molecule has 0 radical (unpaired) electrons. The number of H-pyrrole nitrogens is 1. The molecule has 1 aliphatic heterocycles. The zero-order chi connectivity index (χ0) is 20.2. The number of hydrogen-bond donors (Lipinski definition) is 3. The van der Waals surface area contributed by atoms with Crippen LogP contribution < -0.4 is 5.32 Å². The molecule has 1 saturated carbocycles. The van der Waals surface area contributed by atoms with Crippen LogP contribution >= 0.6 is 0 Å². The lowest BCUT2D eigenvalue weighted by Crippen LogP contribution is -2.35. The minimum absolute atomic E-state index is 0.138. The summed E-state index contributed by atoms with van der Waals surface area (Å²) in [5, 5.41) is 19.5. The maximum Gasteiger partial charge on any atom is 0.407 e. The molecule has 0 spiro atoms. The molecule has 4 rings (SSSR count). The highest BCUT2D eigenvalue weighted by Crippen LogP contribution is 2.41. The summed E-state index contributed by atoms with van der Waals surface area (Å²) in [6, 6.07) is 7.59. The van der Waals surface area contributed by atoms with Gasteiger partial charge in [0.15, 0.2) is 5.82 Å². The van der Waals surface area contributed by atoms with Crippen molar-refractivity contribution < 1.29 is 14.7 Å². The van der Waals surface area contributed by atoms with Gasteiger partial charge >= 0.3 is 6.09 Å². The number of carbonyl (C=O) groups excluding carboxylic acids is 1. The van der Waals surface area contributed by atoms with Gasteiger partial charge in [-0.1, -0.05) is 6.07 Å². The minimum atomic E-state index is -0.790. The summed E-state index contributed by atoms with van der Waals surface area (Å²) in [7, 11) is 0. The highest BCUT2D eigenvalue weighted by Gasteiger charge is 2.34. The minimum Gasteiger partial charge on any atom is -0.465 e. The second-order valence-electron chi connectivity index (χ2n) is 8.14. The van der Waals surface area contributed by atoms with Crippen LogP contribution in [0.4, 0.5) is 10.6 Å². The van der Waals surface area contributed by atoms with Gasteiger partial charge in [0, 0.05) is 42.2 Å². The second-order valence-corrected chi connectivity index (χ2v) is 8.14. The standard InChI is InChI=1S/C21H27N5O3/c27-20(12-16-4-1-2-8-22-16)23-19-13-18(24-25-19)15-7-6-14(10-15)11-17-5-3-9-26(17)21(28)29/h1-2,4,8,13-15,17H,3,5-7,9-12H2,(H,28,29)(H2,23,24,25,27)/t14?,15?,17-/m0/s1. The van der Waals surface area contributed by atoms with E-state index >= 15 is 0 Å². The van der Waals surface area contributed by atoms with Crippen molar-refractivity contribution in [3.05, 3.63) is 41.9 Å². The van der Waals surface area contributed by atoms with Crippen molar-refractivity contribution in [2.45, 2.75) is 56.9 Å². The number of aromatic amines is 1. The molecule has 8 heteroatoms. The van der Waals surface area contributed by atoms with Crippen LogP contribution in [0.1, 0.15) is 55.8 Å². The normalized spacial score (nSPS) is 24.0. The summed E-state index contributed by atoms with van der Waals surface area (Å²) < 4.78 is 0. The van der Waals surface area contributed by atoms with Gasteiger partial charge in [-0.15, -0.1) is 0 Å². The van der Waals surface area contributed by atoms with E-state index < -0.39 is 6.09 Å². The van der Waals surface area contributed by atoms with Crippen LogP contribution in [-0.4, -0.2) is 49.8 Å². The van der Waals surface area contributed by atoms with Gasteiger partial charge in [0.2, 0.25) is 5.91 Å². The Hall–Kier alpha value is -2.90. The lowest BCUT2D eigenvalue weighted by Gasteiger charge is -2.24. The van der Waals surface area contributed by atoms with Crippen LogP contribution in [0.25, 0.3) is 0 Å². The molecule has 2 amide bonds. The van der Waals surface area contributed by atoms with Gasteiger partial charge in [-0.3, -0.25) is 14.9 Å². The molecule has 2 unspecified atom stereocenters. The quantitative estimate of drug-likeness (QED) is 0.692. The molecule has 0 bridgehead atoms. The Morgan fingerprint density at radius 1 is 1.28 bits per heavy atom. The number of nitrogens with zero attached hydrogens (tertiary/aromatic N) is 3. The van der Waals surface area contributed by atoms with Crippen LogP contribution in [0.15, 0.2) is 30.5 Å². The number of likely N-dealkylation sites (tertiary alicyclic amines) is 1. The van der Waals surface area contributed by atoms with Crippen molar-refractivity contribution in [3.63, 3.8) is 0 Å². The van der Waals surface area contributed by atoms with Gasteiger partial charge < -0.3 is 15.3 Å². The molecule has 1 aliphatic carbocycles. The fraction of sp³-hybridized carbons (Fsp3) is 0.524. The first kappa shape index (κ1) is 19.4. The molecule has 0 aromatic carbocycles. The first-order valence-electron chi connectivity index (χ1n) is 10.3. The lowest BCUT2D eigenvalue weighted by molar-refractivity contribution is -0.115. The number of aromatic nitrogens is 3. The van der Waals surface area contributed by atoms with Crippen LogP contribution in [0, 0.1) is 5.92 Å². The van der Waals surface area contributed by atoms with Crippen molar-refractivity contribution in [2.24, 2.45) is 5.92 Å². The van der Waals surface area contributed by atoms with Gasteiger partial charge in [-0.05, 0) is 56.6 Å². The number of carbonyl (C=O) groups is 2. The second kappa shape index (κ2) is 8.63. The van der Waals surface area contributed by atoms with Gasteiger partial charge in [-0.25, -0.2) is 4.79 Å². The summed E-state index contributed by atoms with van der Waals surface area (Å²) in [5.41, 5.74) is 1.77. The third-order valence-corrected chi connectivity index (χ3v) is 6.14. The maximum absolute atomic E-state index is 12.2. The molecule has 2 aliphatic rings. The predicted molar refractivity (Wildman–Crippen MR) is 108 cm³/mol. The average molecular weight is 397 g/mol. The summed E-state index contributed by atoms with van der Waals surface area (Å²) >= 11 is 0. The molecular formula is C21H27N5O3. The average Bonchev–Trinajstić information content (AvgIpc) is 3.43. The van der Waals surface area contributed by atoms with Crippen LogP contribution in [0.3, 0.4) is 0 Å². The zero-order valence-electron chi connectivity index (χ0n) is 16.4. The predicted octanol–water partition coefficient (Wildman–Crippen LogP) is 3.40. The number of pyridine rings is 1. The number of rotatable bonds is 6. The molecule has 2 fully saturated rings. The highest BCUT2D eigenvalue weighted by atomic mass is 16.4. The number of amides is 2. The third-order valence-electron chi connectivity index (χ3n) is 6.14. The molecule has 8 nitrogen and oxygen atoms in total. The van der Waals surface area contributed by atoms with Crippen LogP contribution in [0.2, 0.25) is 0 Å². The number of anilines is 1. The number of hydrogen-bond acceptors (Lipinski definition) is 4. The summed E-state index contributed by atoms with van der Waals surface area (Å²) in [6.45, 7) is 0.665. The van der Waals surface area contributed by atoms with E-state index in [-0.39, 0.29) is 18.4 Å². The molecule has 154 valence electrons. The Labute approximate surface area is 169 Å². The van der Waals surface area contributed by atoms with E-state index in [0.717, 1.165) is 49.9 Å². The molecule has 3 heterocycles. The van der Waals surface area contributed by atoms with E-state index in [1.165, 1.54) is 0 Å². The van der Waals surface area contributed by atoms with Crippen molar-refractivity contribution in [1.29, 1.82) is 0 Å². The summed E-state index contributed by atoms with van der Waals surface area (Å²) in [6.07, 6.45) is 7.20. The number of carboxylic acid groups (broad SMARTS) is 1. The van der Waals surface area contributed by atoms with Crippen molar-refractivity contribution in [3.8, 4) is 0 Å². The maximum atomic E-state index is 12.2. The smallest absolute Gasteiger partial charge is 0.407 e. The van der Waals surface area contributed by atoms with E-state index in [4.69, 9.17) is 0 Å². The lowest BCUT2D eigenvalue weighted by atomic mass is 9.95. The van der Waals surface area contributed by atoms with E-state index in [1.807, 2.05) is 24.3 Å². The summed E-state index contributed by atoms with van der Waals surface area (Å²) in [4.78, 5) is 29.3. The Bertz CT molecular complexity index is 853. The molecular weight excluding hydrogens is 370 g/mol. The van der Waals surface area contributed by atoms with Crippen molar-refractivity contribution >= 4 is 17.8 Å². The zero-order valence-corrected chi connectivity index (χ0v) is 16.4. The molecule has 1 saturated heterocycles. The van der Waals surface area contributed by atoms with E-state index in [2.05, 4.69) is 20.5 Å². The monoisotopic (exact) mass is 397 g/mol. The van der Waals surface area contributed by atoms with Crippen molar-refractivity contribution in [2.75, 3.05) is 11.9 Å². The van der Waals surface area contributed by atoms with E-state index in [9.17, 15) is 14.7 Å². The first-order valence-corrected chi connectivity index (χ1v) is 10.3. The first-order chi connectivity index (χ1) is 14.1. The molecule has 3 N–H and O–H groups in total. The fourth-order valence-electron chi connectivity index (χ4n) is 4.75. The Balaban J connectivity index is 1.28. The highest BCUT2D eigenvalue weighted by molar-refractivity contribution is 5.91. The Kier molecular flexibility index (Phi) is 5.78. The van der Waals surface area contributed by atoms with Crippen LogP contribution in [-0.2, 0) is 11.2 Å².